The van der Waals surface area contributed by atoms with Gasteiger partial charge in [-0.05, 0) is 55.0 Å². The molecular weight excluding hydrogens is 412 g/mol. The number of carbonyl (C=O) groups excluding carboxylic acids is 1. The Morgan fingerprint density at radius 1 is 0.903 bits per heavy atom. The topological polar surface area (TPSA) is 46.3 Å². The molecule has 0 bridgehead atoms. The smallest absolute Gasteiger partial charge is 0.254 e. The van der Waals surface area contributed by atoms with Crippen LogP contribution in [0, 0.1) is 30.2 Å². The summed E-state index contributed by atoms with van der Waals surface area (Å²) in [5, 5.41) is 0. The quantitative estimate of drug-likeness (QED) is 0.393. The fourth-order valence-corrected chi connectivity index (χ4v) is 3.25. The average molecular weight is 428 g/mol. The predicted octanol–water partition coefficient (Wildman–Crippen LogP) is 5.54. The molecule has 0 radical (unpaired) electrons. The molecule has 0 aliphatic heterocycles. The first-order valence-corrected chi connectivity index (χ1v) is 9.34. The first-order chi connectivity index (χ1) is 14.8. The molecule has 3 aromatic carbocycles. The van der Waals surface area contributed by atoms with Crippen molar-refractivity contribution >= 4 is 17.0 Å². The molecule has 0 fully saturated rings. The Morgan fingerprint density at radius 2 is 1.65 bits per heavy atom. The summed E-state index contributed by atoms with van der Waals surface area (Å²) >= 11 is 0. The second-order valence-electron chi connectivity index (χ2n) is 7.13. The van der Waals surface area contributed by atoms with Gasteiger partial charge in [0.1, 0.15) is 28.8 Å². The van der Waals surface area contributed by atoms with E-state index in [9.17, 15) is 22.4 Å². The molecule has 0 aliphatic carbocycles. The molecule has 4 nitrogen and oxygen atoms in total. The average Bonchev–Trinajstić information content (AvgIpc) is 3.10. The van der Waals surface area contributed by atoms with E-state index >= 15 is 0 Å². The third-order valence-electron chi connectivity index (χ3n) is 4.68. The van der Waals surface area contributed by atoms with Crippen LogP contribution < -0.4 is 0 Å². The second kappa shape index (κ2) is 8.22. The Labute approximate surface area is 174 Å². The predicted molar refractivity (Wildman–Crippen MR) is 105 cm³/mol. The number of aromatic nitrogens is 1. The minimum atomic E-state index is -0.933. The standard InChI is InChI=1S/C23H16F4N2O2/c1-13-2-5-21-20(6-13)28-22(31-21)12-29(11-15-9-16(24)3-4-19(15)27)23(30)14-7-17(25)10-18(26)8-14/h2-10H,11-12H2,1H3. The molecule has 158 valence electrons. The number of amides is 1. The highest BCUT2D eigenvalue weighted by Gasteiger charge is 2.22. The van der Waals surface area contributed by atoms with Crippen LogP contribution >= 0.6 is 0 Å². The number of fused-ring (bicyclic) bond motifs is 1. The summed E-state index contributed by atoms with van der Waals surface area (Å²) in [5.74, 6) is -3.92. The Hall–Kier alpha value is -3.68. The van der Waals surface area contributed by atoms with Crippen molar-refractivity contribution in [1.29, 1.82) is 0 Å². The van der Waals surface area contributed by atoms with Gasteiger partial charge in [-0.3, -0.25) is 4.79 Å². The summed E-state index contributed by atoms with van der Waals surface area (Å²) in [6.07, 6.45) is 0. The van der Waals surface area contributed by atoms with Gasteiger partial charge in [0, 0.05) is 23.7 Å². The second-order valence-corrected chi connectivity index (χ2v) is 7.13. The third-order valence-corrected chi connectivity index (χ3v) is 4.68. The van der Waals surface area contributed by atoms with Gasteiger partial charge in [0.2, 0.25) is 5.89 Å². The number of oxazole rings is 1. The van der Waals surface area contributed by atoms with Crippen molar-refractivity contribution in [2.45, 2.75) is 20.0 Å². The normalized spacial score (nSPS) is 11.1. The maximum absolute atomic E-state index is 14.2. The molecule has 0 saturated heterocycles. The van der Waals surface area contributed by atoms with Gasteiger partial charge in [0.05, 0.1) is 6.54 Å². The number of nitrogens with zero attached hydrogens (tertiary/aromatic N) is 2. The van der Waals surface area contributed by atoms with E-state index in [2.05, 4.69) is 4.98 Å². The van der Waals surface area contributed by atoms with Crippen LogP contribution in [0.15, 0.2) is 59.0 Å². The van der Waals surface area contributed by atoms with E-state index in [0.29, 0.717) is 17.2 Å². The Balaban J connectivity index is 1.71. The number of carbonyl (C=O) groups is 1. The fourth-order valence-electron chi connectivity index (χ4n) is 3.25. The Kier molecular flexibility index (Phi) is 5.46. The molecular formula is C23H16F4N2O2. The Bertz CT molecular complexity index is 1270. The summed E-state index contributed by atoms with van der Waals surface area (Å²) in [7, 11) is 0. The van der Waals surface area contributed by atoms with Crippen molar-refractivity contribution in [2.24, 2.45) is 0 Å². The van der Waals surface area contributed by atoms with Crippen LogP contribution in [-0.4, -0.2) is 15.8 Å². The molecule has 1 amide bonds. The van der Waals surface area contributed by atoms with E-state index in [0.717, 1.165) is 40.8 Å². The first-order valence-electron chi connectivity index (χ1n) is 9.34. The lowest BCUT2D eigenvalue weighted by molar-refractivity contribution is 0.0712. The van der Waals surface area contributed by atoms with E-state index in [1.54, 1.807) is 12.1 Å². The van der Waals surface area contributed by atoms with Gasteiger partial charge in [-0.1, -0.05) is 6.07 Å². The minimum Gasteiger partial charge on any atom is -0.439 e. The summed E-state index contributed by atoms with van der Waals surface area (Å²) < 4.78 is 60.8. The van der Waals surface area contributed by atoms with Crippen LogP contribution in [-0.2, 0) is 13.1 Å². The summed E-state index contributed by atoms with van der Waals surface area (Å²) in [4.78, 5) is 18.4. The molecule has 8 heteroatoms. The highest BCUT2D eigenvalue weighted by molar-refractivity contribution is 5.94. The molecule has 0 aliphatic rings. The summed E-state index contributed by atoms with van der Waals surface area (Å²) in [5.41, 5.74) is 1.63. The number of aryl methyl sites for hydroxylation is 1. The van der Waals surface area contributed by atoms with Gasteiger partial charge in [0.15, 0.2) is 5.58 Å². The first kappa shape index (κ1) is 20.6. The van der Waals surface area contributed by atoms with Crippen molar-refractivity contribution in [3.05, 3.63) is 100 Å². The van der Waals surface area contributed by atoms with E-state index in [1.165, 1.54) is 0 Å². The van der Waals surface area contributed by atoms with Crippen molar-refractivity contribution < 1.29 is 26.8 Å². The lowest BCUT2D eigenvalue weighted by atomic mass is 10.1. The molecule has 0 saturated carbocycles. The number of benzene rings is 3. The zero-order valence-electron chi connectivity index (χ0n) is 16.3. The largest absolute Gasteiger partial charge is 0.439 e. The Morgan fingerprint density at radius 3 is 2.39 bits per heavy atom. The van der Waals surface area contributed by atoms with Crippen LogP contribution in [0.4, 0.5) is 17.6 Å². The lowest BCUT2D eigenvalue weighted by Gasteiger charge is -2.22. The molecule has 1 aromatic heterocycles. The molecule has 0 N–H and O–H groups in total. The minimum absolute atomic E-state index is 0.0998. The van der Waals surface area contributed by atoms with Crippen molar-refractivity contribution in [2.75, 3.05) is 0 Å². The highest BCUT2D eigenvalue weighted by atomic mass is 19.1. The van der Waals surface area contributed by atoms with Crippen LogP contribution in [0.25, 0.3) is 11.1 Å². The number of hydrogen-bond donors (Lipinski definition) is 0. The highest BCUT2D eigenvalue weighted by Crippen LogP contribution is 2.22. The molecule has 0 atom stereocenters. The van der Waals surface area contributed by atoms with Gasteiger partial charge in [0.25, 0.3) is 5.91 Å². The number of hydrogen-bond acceptors (Lipinski definition) is 3. The van der Waals surface area contributed by atoms with Crippen LogP contribution in [0.2, 0.25) is 0 Å². The fraction of sp³-hybridized carbons (Fsp3) is 0.130. The maximum Gasteiger partial charge on any atom is 0.254 e. The molecule has 31 heavy (non-hydrogen) atoms. The van der Waals surface area contributed by atoms with Gasteiger partial charge in [-0.2, -0.15) is 0 Å². The molecule has 1 heterocycles. The van der Waals surface area contributed by atoms with Crippen LogP contribution in [0.1, 0.15) is 27.4 Å². The summed E-state index contributed by atoms with van der Waals surface area (Å²) in [6.45, 7) is 1.30. The number of halogens is 4. The zero-order chi connectivity index (χ0) is 22.1. The molecule has 4 aromatic rings. The van der Waals surface area contributed by atoms with Gasteiger partial charge >= 0.3 is 0 Å². The van der Waals surface area contributed by atoms with Gasteiger partial charge in [-0.25, -0.2) is 22.5 Å². The monoisotopic (exact) mass is 428 g/mol. The SMILES string of the molecule is Cc1ccc2oc(CN(Cc3cc(F)ccc3F)C(=O)c3cc(F)cc(F)c3)nc2c1. The van der Waals surface area contributed by atoms with Crippen molar-refractivity contribution in [3.8, 4) is 0 Å². The van der Waals surface area contributed by atoms with E-state index in [-0.39, 0.29) is 30.1 Å². The van der Waals surface area contributed by atoms with E-state index < -0.39 is 29.2 Å². The molecule has 0 unspecified atom stereocenters. The summed E-state index contributed by atoms with van der Waals surface area (Å²) in [6, 6.07) is 10.6. The van der Waals surface area contributed by atoms with E-state index in [4.69, 9.17) is 4.42 Å². The van der Waals surface area contributed by atoms with Crippen LogP contribution in [0.3, 0.4) is 0 Å². The van der Waals surface area contributed by atoms with Gasteiger partial charge < -0.3 is 9.32 Å². The van der Waals surface area contributed by atoms with Crippen molar-refractivity contribution in [1.82, 2.24) is 9.88 Å². The molecule has 0 spiro atoms. The number of rotatable bonds is 5. The molecule has 4 rings (SSSR count). The lowest BCUT2D eigenvalue weighted by Crippen LogP contribution is -2.31. The van der Waals surface area contributed by atoms with E-state index in [1.807, 2.05) is 13.0 Å². The zero-order valence-corrected chi connectivity index (χ0v) is 16.3. The van der Waals surface area contributed by atoms with Crippen molar-refractivity contribution in [3.63, 3.8) is 0 Å². The third kappa shape index (κ3) is 4.58. The van der Waals surface area contributed by atoms with Crippen LogP contribution in [0.5, 0.6) is 0 Å². The maximum atomic E-state index is 14.2. The van der Waals surface area contributed by atoms with Gasteiger partial charge in [-0.15, -0.1) is 0 Å².